The molecule has 15 heavy (non-hydrogen) atoms. The fraction of sp³-hybridized carbons (Fsp3) is 0.600. The highest BCUT2D eigenvalue weighted by Gasteiger charge is 2.27. The maximum atomic E-state index is 8.72. The minimum absolute atomic E-state index is 0.109. The van der Waals surface area contributed by atoms with Crippen molar-refractivity contribution in [2.45, 2.75) is 18.8 Å². The summed E-state index contributed by atoms with van der Waals surface area (Å²) in [6.07, 6.45) is 2.37. The lowest BCUT2D eigenvalue weighted by atomic mass is 10.3. The number of nitrogens with one attached hydrogen (secondary N) is 2. The monoisotopic (exact) mass is 208 g/mol. The Balaban J connectivity index is 2.16. The summed E-state index contributed by atoms with van der Waals surface area (Å²) in [6, 6.07) is 1.85. The number of nitrogens with zero attached hydrogens (tertiary/aromatic N) is 2. The van der Waals surface area contributed by atoms with Gasteiger partial charge in [0.05, 0.1) is 6.61 Å². The number of aromatic nitrogens is 2. The Morgan fingerprint density at radius 2 is 2.13 bits per heavy atom. The average molecular weight is 208 g/mol. The molecule has 1 fully saturated rings. The van der Waals surface area contributed by atoms with Crippen molar-refractivity contribution in [3.05, 3.63) is 11.9 Å². The number of hydrogen-bond acceptors (Lipinski definition) is 5. The number of anilines is 2. The molecule has 0 unspecified atom stereocenters. The second kappa shape index (κ2) is 4.44. The summed E-state index contributed by atoms with van der Waals surface area (Å²) in [5, 5.41) is 14.8. The van der Waals surface area contributed by atoms with E-state index in [-0.39, 0.29) is 6.61 Å². The smallest absolute Gasteiger partial charge is 0.136 e. The zero-order valence-electron chi connectivity index (χ0n) is 8.82. The zero-order valence-corrected chi connectivity index (χ0v) is 8.82. The second-order valence-corrected chi connectivity index (χ2v) is 3.67. The predicted octanol–water partition coefficient (Wildman–Crippen LogP) is 0.800. The van der Waals surface area contributed by atoms with Crippen LogP contribution in [0.2, 0.25) is 0 Å². The summed E-state index contributed by atoms with van der Waals surface area (Å²) in [4.78, 5) is 8.80. The van der Waals surface area contributed by atoms with Gasteiger partial charge in [0.25, 0.3) is 0 Å². The van der Waals surface area contributed by atoms with Crippen LogP contribution in [0.5, 0.6) is 0 Å². The maximum absolute atomic E-state index is 8.72. The van der Waals surface area contributed by atoms with Gasteiger partial charge in [-0.15, -0.1) is 0 Å². The summed E-state index contributed by atoms with van der Waals surface area (Å²) < 4.78 is 0. The molecular weight excluding hydrogens is 192 g/mol. The van der Waals surface area contributed by atoms with E-state index in [1.807, 2.05) is 13.1 Å². The lowest BCUT2D eigenvalue weighted by molar-refractivity contribution is 0.311. The molecule has 1 aromatic heterocycles. The molecule has 0 bridgehead atoms. The minimum atomic E-state index is 0.109. The minimum Gasteiger partial charge on any atom is -0.395 e. The summed E-state index contributed by atoms with van der Waals surface area (Å²) in [5.74, 6) is 3.05. The number of hydrogen-bond donors (Lipinski definition) is 3. The van der Waals surface area contributed by atoms with Crippen molar-refractivity contribution in [1.82, 2.24) is 9.97 Å². The van der Waals surface area contributed by atoms with Crippen molar-refractivity contribution in [3.63, 3.8) is 0 Å². The Morgan fingerprint density at radius 3 is 2.73 bits per heavy atom. The molecule has 0 saturated heterocycles. The molecule has 0 radical (unpaired) electrons. The van der Waals surface area contributed by atoms with Gasteiger partial charge in [-0.25, -0.2) is 9.97 Å². The predicted molar refractivity (Wildman–Crippen MR) is 59.1 cm³/mol. The van der Waals surface area contributed by atoms with Crippen molar-refractivity contribution in [3.8, 4) is 0 Å². The SMILES string of the molecule is CNc1cc(NCCO)nc(C2CC2)n1. The van der Waals surface area contributed by atoms with Crippen LogP contribution in [-0.2, 0) is 0 Å². The number of aliphatic hydroxyl groups is 1. The van der Waals surface area contributed by atoms with Crippen LogP contribution < -0.4 is 10.6 Å². The van der Waals surface area contributed by atoms with E-state index in [1.165, 1.54) is 12.8 Å². The van der Waals surface area contributed by atoms with E-state index in [1.54, 1.807) is 0 Å². The molecule has 0 atom stereocenters. The quantitative estimate of drug-likeness (QED) is 0.667. The third-order valence-corrected chi connectivity index (χ3v) is 2.36. The molecule has 3 N–H and O–H groups in total. The largest absolute Gasteiger partial charge is 0.395 e. The Bertz CT molecular complexity index is 338. The zero-order chi connectivity index (χ0) is 10.7. The van der Waals surface area contributed by atoms with E-state index in [9.17, 15) is 0 Å². The van der Waals surface area contributed by atoms with E-state index in [0.29, 0.717) is 12.5 Å². The van der Waals surface area contributed by atoms with Gasteiger partial charge >= 0.3 is 0 Å². The van der Waals surface area contributed by atoms with E-state index in [0.717, 1.165) is 17.5 Å². The van der Waals surface area contributed by atoms with Crippen molar-refractivity contribution in [1.29, 1.82) is 0 Å². The fourth-order valence-corrected chi connectivity index (χ4v) is 1.39. The normalized spacial score (nSPS) is 15.1. The first-order valence-electron chi connectivity index (χ1n) is 5.25. The van der Waals surface area contributed by atoms with Crippen LogP contribution in [-0.4, -0.2) is 35.3 Å². The molecule has 1 heterocycles. The molecule has 82 valence electrons. The van der Waals surface area contributed by atoms with Gasteiger partial charge in [0.1, 0.15) is 17.5 Å². The van der Waals surface area contributed by atoms with Gasteiger partial charge in [0.2, 0.25) is 0 Å². The molecule has 2 rings (SSSR count). The van der Waals surface area contributed by atoms with Crippen molar-refractivity contribution >= 4 is 11.6 Å². The highest BCUT2D eigenvalue weighted by Crippen LogP contribution is 2.38. The molecule has 1 aromatic rings. The van der Waals surface area contributed by atoms with Gasteiger partial charge in [-0.1, -0.05) is 0 Å². The van der Waals surface area contributed by atoms with Gasteiger partial charge in [0.15, 0.2) is 0 Å². The van der Waals surface area contributed by atoms with Crippen molar-refractivity contribution in [2.24, 2.45) is 0 Å². The molecule has 0 aliphatic heterocycles. The maximum Gasteiger partial charge on any atom is 0.136 e. The van der Waals surface area contributed by atoms with Crippen molar-refractivity contribution < 1.29 is 5.11 Å². The summed E-state index contributed by atoms with van der Waals surface area (Å²) in [5.41, 5.74) is 0. The average Bonchev–Trinajstić information content (AvgIpc) is 3.09. The lowest BCUT2D eigenvalue weighted by Crippen LogP contribution is -2.09. The first-order chi connectivity index (χ1) is 7.33. The standard InChI is InChI=1S/C10H16N4O/c1-11-8-6-9(12-4-5-15)14-10(13-8)7-2-3-7/h6-7,15H,2-5H2,1H3,(H2,11,12,13,14). The number of rotatable bonds is 5. The Labute approximate surface area is 88.9 Å². The van der Waals surface area contributed by atoms with Crippen LogP contribution in [0.3, 0.4) is 0 Å². The Kier molecular flexibility index (Phi) is 3.01. The second-order valence-electron chi connectivity index (χ2n) is 3.67. The molecular formula is C10H16N4O. The molecule has 1 aliphatic carbocycles. The first-order valence-corrected chi connectivity index (χ1v) is 5.25. The van der Waals surface area contributed by atoms with E-state index in [4.69, 9.17) is 5.11 Å². The highest BCUT2D eigenvalue weighted by atomic mass is 16.3. The lowest BCUT2D eigenvalue weighted by Gasteiger charge is -2.08. The van der Waals surface area contributed by atoms with Gasteiger partial charge in [-0.05, 0) is 12.8 Å². The van der Waals surface area contributed by atoms with Crippen LogP contribution in [0, 0.1) is 0 Å². The topological polar surface area (TPSA) is 70.1 Å². The summed E-state index contributed by atoms with van der Waals surface area (Å²) in [6.45, 7) is 0.627. The van der Waals surface area contributed by atoms with Gasteiger partial charge < -0.3 is 15.7 Å². The molecule has 0 amide bonds. The van der Waals surface area contributed by atoms with E-state index < -0.39 is 0 Å². The van der Waals surface area contributed by atoms with E-state index >= 15 is 0 Å². The highest BCUT2D eigenvalue weighted by molar-refractivity contribution is 5.47. The summed E-state index contributed by atoms with van der Waals surface area (Å²) >= 11 is 0. The van der Waals surface area contributed by atoms with Crippen LogP contribution in [0.15, 0.2) is 6.07 Å². The number of aliphatic hydroxyl groups excluding tert-OH is 1. The van der Waals surface area contributed by atoms with Crippen LogP contribution in [0.4, 0.5) is 11.6 Å². The van der Waals surface area contributed by atoms with Crippen molar-refractivity contribution in [2.75, 3.05) is 30.8 Å². The molecule has 0 spiro atoms. The van der Waals surface area contributed by atoms with Gasteiger partial charge in [0, 0.05) is 25.6 Å². The Morgan fingerprint density at radius 1 is 1.40 bits per heavy atom. The molecule has 1 aliphatic rings. The van der Waals surface area contributed by atoms with E-state index in [2.05, 4.69) is 20.6 Å². The van der Waals surface area contributed by atoms with Crippen LogP contribution in [0.1, 0.15) is 24.6 Å². The third-order valence-electron chi connectivity index (χ3n) is 2.36. The van der Waals surface area contributed by atoms with Gasteiger partial charge in [-0.3, -0.25) is 0 Å². The fourth-order valence-electron chi connectivity index (χ4n) is 1.39. The molecule has 0 aromatic carbocycles. The molecule has 1 saturated carbocycles. The summed E-state index contributed by atoms with van der Waals surface area (Å²) in [7, 11) is 1.84. The van der Waals surface area contributed by atoms with Crippen LogP contribution in [0.25, 0.3) is 0 Å². The third kappa shape index (κ3) is 2.56. The van der Waals surface area contributed by atoms with Gasteiger partial charge in [-0.2, -0.15) is 0 Å². The molecule has 5 nitrogen and oxygen atoms in total. The van der Waals surface area contributed by atoms with Crippen LogP contribution >= 0.6 is 0 Å². The Hall–Kier alpha value is -1.36. The first kappa shape index (κ1) is 10.2. The molecule has 5 heteroatoms.